The van der Waals surface area contributed by atoms with E-state index in [4.69, 9.17) is 0 Å². The van der Waals surface area contributed by atoms with Crippen molar-refractivity contribution in [3.63, 3.8) is 0 Å². The van der Waals surface area contributed by atoms with Gasteiger partial charge in [0.25, 0.3) is 0 Å². The molecule has 0 rings (SSSR count). The van der Waals surface area contributed by atoms with E-state index in [-0.39, 0.29) is 5.66 Å². The second-order valence-corrected chi connectivity index (χ2v) is 6.11. The third-order valence-electron chi connectivity index (χ3n) is 3.20. The molecule has 0 radical (unpaired) electrons. The second kappa shape index (κ2) is 9.42. The predicted octanol–water partition coefficient (Wildman–Crippen LogP) is 4.23. The van der Waals surface area contributed by atoms with E-state index in [0.717, 1.165) is 12.8 Å². The maximum atomic E-state index is 11.1. The zero-order valence-corrected chi connectivity index (χ0v) is 11.5. The zero-order chi connectivity index (χ0) is 11.7. The summed E-state index contributed by atoms with van der Waals surface area (Å²) in [5.41, 5.74) is 0.0124. The first-order valence-electron chi connectivity index (χ1n) is 6.36. The van der Waals surface area contributed by atoms with Crippen LogP contribution in [0.4, 0.5) is 0 Å². The number of hydrogen-bond acceptors (Lipinski definition) is 1. The highest BCUT2D eigenvalue weighted by Gasteiger charge is 2.20. The molecule has 0 heterocycles. The Morgan fingerprint density at radius 1 is 1.07 bits per heavy atom. The van der Waals surface area contributed by atoms with Gasteiger partial charge in [0.2, 0.25) is 0 Å². The van der Waals surface area contributed by atoms with E-state index >= 15 is 0 Å². The molecule has 3 atom stereocenters. The standard InChI is InChI=1S/C12H27O2P/c1-4-6-8-10-12(9-7-5-2)11(3)15(13)14/h11-12,15H,4-10H2,1-3H3,(H,13,14). The number of rotatable bonds is 9. The molecule has 0 fully saturated rings. The van der Waals surface area contributed by atoms with E-state index in [0.29, 0.717) is 5.92 Å². The van der Waals surface area contributed by atoms with Crippen molar-refractivity contribution in [1.29, 1.82) is 0 Å². The number of hydrogen-bond donors (Lipinski definition) is 1. The van der Waals surface area contributed by atoms with Crippen LogP contribution in [0.15, 0.2) is 0 Å². The molecule has 92 valence electrons. The lowest BCUT2D eigenvalue weighted by Gasteiger charge is -2.21. The van der Waals surface area contributed by atoms with E-state index in [1.54, 1.807) is 0 Å². The summed E-state index contributed by atoms with van der Waals surface area (Å²) in [6.07, 6.45) is 8.32. The first-order chi connectivity index (χ1) is 7.13. The monoisotopic (exact) mass is 234 g/mol. The highest BCUT2D eigenvalue weighted by molar-refractivity contribution is 7.38. The summed E-state index contributed by atoms with van der Waals surface area (Å²) in [5.74, 6) is 0.466. The Bertz CT molecular complexity index is 171. The average Bonchev–Trinajstić information content (AvgIpc) is 2.22. The first kappa shape index (κ1) is 15.2. The van der Waals surface area contributed by atoms with Gasteiger partial charge in [-0.15, -0.1) is 0 Å². The van der Waals surface area contributed by atoms with E-state index in [1.807, 2.05) is 6.92 Å². The SMILES string of the molecule is CCCCCC(CCCC)C(C)[PH](=O)O. The smallest absolute Gasteiger partial charge is 0.192 e. The molecular weight excluding hydrogens is 207 g/mol. The van der Waals surface area contributed by atoms with Crippen LogP contribution >= 0.6 is 8.03 Å². The summed E-state index contributed by atoms with van der Waals surface area (Å²) in [6, 6.07) is 0. The molecule has 2 nitrogen and oxygen atoms in total. The lowest BCUT2D eigenvalue weighted by Crippen LogP contribution is -2.14. The Kier molecular flexibility index (Phi) is 9.54. The molecule has 0 aliphatic rings. The molecule has 3 heteroatoms. The second-order valence-electron chi connectivity index (χ2n) is 4.53. The van der Waals surface area contributed by atoms with Gasteiger partial charge < -0.3 is 4.89 Å². The quantitative estimate of drug-likeness (QED) is 0.479. The first-order valence-corrected chi connectivity index (χ1v) is 7.79. The Morgan fingerprint density at radius 2 is 1.60 bits per heavy atom. The molecule has 0 amide bonds. The molecule has 0 aliphatic carbocycles. The van der Waals surface area contributed by atoms with Crippen molar-refractivity contribution in [2.24, 2.45) is 5.92 Å². The summed E-state index contributed by atoms with van der Waals surface area (Å²) in [4.78, 5) is 9.19. The fraction of sp³-hybridized carbons (Fsp3) is 1.00. The molecule has 15 heavy (non-hydrogen) atoms. The van der Waals surface area contributed by atoms with E-state index in [9.17, 15) is 9.46 Å². The molecule has 0 aromatic carbocycles. The predicted molar refractivity (Wildman–Crippen MR) is 67.8 cm³/mol. The van der Waals surface area contributed by atoms with Crippen LogP contribution in [-0.2, 0) is 4.57 Å². The van der Waals surface area contributed by atoms with Gasteiger partial charge in [-0.1, -0.05) is 52.9 Å². The summed E-state index contributed by atoms with van der Waals surface area (Å²) in [6.45, 7) is 6.31. The highest BCUT2D eigenvalue weighted by atomic mass is 31.1. The number of unbranched alkanes of at least 4 members (excludes halogenated alkanes) is 3. The van der Waals surface area contributed by atoms with Crippen molar-refractivity contribution in [2.75, 3.05) is 0 Å². The third-order valence-corrected chi connectivity index (χ3v) is 4.45. The summed E-state index contributed by atoms with van der Waals surface area (Å²) >= 11 is 0. The molecular formula is C12H27O2P. The van der Waals surface area contributed by atoms with Crippen LogP contribution < -0.4 is 0 Å². The van der Waals surface area contributed by atoms with Crippen LogP contribution in [-0.4, -0.2) is 10.6 Å². The molecule has 0 saturated heterocycles. The van der Waals surface area contributed by atoms with Crippen molar-refractivity contribution in [3.05, 3.63) is 0 Å². The van der Waals surface area contributed by atoms with Gasteiger partial charge in [-0.25, -0.2) is 0 Å². The Labute approximate surface area is 95.3 Å². The largest absolute Gasteiger partial charge is 0.346 e. The summed E-state index contributed by atoms with van der Waals surface area (Å²) in [5, 5.41) is 0. The molecule has 0 aromatic rings. The van der Waals surface area contributed by atoms with Crippen molar-refractivity contribution in [3.8, 4) is 0 Å². The fourth-order valence-corrected chi connectivity index (χ4v) is 2.71. The topological polar surface area (TPSA) is 37.3 Å². The maximum Gasteiger partial charge on any atom is 0.192 e. The van der Waals surface area contributed by atoms with Crippen LogP contribution in [0, 0.1) is 5.92 Å². The van der Waals surface area contributed by atoms with Gasteiger partial charge in [0.1, 0.15) is 0 Å². The maximum absolute atomic E-state index is 11.1. The fourth-order valence-electron chi connectivity index (χ4n) is 1.97. The molecule has 3 unspecified atom stereocenters. The van der Waals surface area contributed by atoms with Crippen molar-refractivity contribution in [1.82, 2.24) is 0 Å². The van der Waals surface area contributed by atoms with Gasteiger partial charge >= 0.3 is 0 Å². The Hall–Kier alpha value is 0.190. The highest BCUT2D eigenvalue weighted by Crippen LogP contribution is 2.34. The van der Waals surface area contributed by atoms with Gasteiger partial charge in [-0.05, 0) is 18.8 Å². The van der Waals surface area contributed by atoms with Crippen LogP contribution in [0.1, 0.15) is 65.7 Å². The van der Waals surface area contributed by atoms with Gasteiger partial charge in [0.05, 0.1) is 0 Å². The Morgan fingerprint density at radius 3 is 2.07 bits per heavy atom. The van der Waals surface area contributed by atoms with Crippen molar-refractivity contribution < 1.29 is 9.46 Å². The normalized spacial score (nSPS) is 17.3. The van der Waals surface area contributed by atoms with E-state index < -0.39 is 8.03 Å². The third kappa shape index (κ3) is 7.14. The van der Waals surface area contributed by atoms with Crippen LogP contribution in [0.25, 0.3) is 0 Å². The van der Waals surface area contributed by atoms with Crippen molar-refractivity contribution in [2.45, 2.75) is 71.4 Å². The lowest BCUT2D eigenvalue weighted by molar-refractivity contribution is 0.384. The zero-order valence-electron chi connectivity index (χ0n) is 10.5. The lowest BCUT2D eigenvalue weighted by atomic mass is 9.93. The van der Waals surface area contributed by atoms with Gasteiger partial charge in [-0.2, -0.15) is 0 Å². The van der Waals surface area contributed by atoms with Gasteiger partial charge in [-0.3, -0.25) is 4.57 Å². The molecule has 0 aromatic heterocycles. The van der Waals surface area contributed by atoms with E-state index in [1.165, 1.54) is 32.1 Å². The summed E-state index contributed by atoms with van der Waals surface area (Å²) in [7, 11) is -2.33. The van der Waals surface area contributed by atoms with Crippen molar-refractivity contribution >= 4 is 8.03 Å². The van der Waals surface area contributed by atoms with Crippen LogP contribution in [0.2, 0.25) is 0 Å². The van der Waals surface area contributed by atoms with Gasteiger partial charge in [0.15, 0.2) is 8.03 Å². The molecule has 1 N–H and O–H groups in total. The molecule has 0 spiro atoms. The molecule has 0 aliphatic heterocycles. The minimum Gasteiger partial charge on any atom is -0.346 e. The molecule has 0 bridgehead atoms. The summed E-state index contributed by atoms with van der Waals surface area (Å²) < 4.78 is 11.1. The van der Waals surface area contributed by atoms with Crippen LogP contribution in [0.5, 0.6) is 0 Å². The minimum atomic E-state index is -2.33. The van der Waals surface area contributed by atoms with Gasteiger partial charge in [0, 0.05) is 5.66 Å². The minimum absolute atomic E-state index is 0.0124. The van der Waals surface area contributed by atoms with Crippen LogP contribution in [0.3, 0.4) is 0 Å². The van der Waals surface area contributed by atoms with E-state index in [2.05, 4.69) is 13.8 Å². The Balaban J connectivity index is 3.99. The average molecular weight is 234 g/mol. The molecule has 0 saturated carbocycles.